The van der Waals surface area contributed by atoms with E-state index in [1.54, 1.807) is 57.2 Å². The highest BCUT2D eigenvalue weighted by molar-refractivity contribution is 7.91. The normalized spacial score (nSPS) is 21.4. The molecule has 2 aliphatic rings. The molecule has 238 valence electrons. The van der Waals surface area contributed by atoms with Gasteiger partial charge in [0.25, 0.3) is 15.9 Å². The van der Waals surface area contributed by atoms with Crippen molar-refractivity contribution < 1.29 is 23.1 Å². The number of fused-ring (bicyclic) bond motifs is 2. The van der Waals surface area contributed by atoms with Crippen LogP contribution in [0.4, 0.5) is 0 Å². The lowest BCUT2D eigenvalue weighted by Gasteiger charge is -2.42. The molecule has 1 amide bonds. The number of hydrogen-bond acceptors (Lipinski definition) is 7. The number of aliphatic hydroxyl groups is 1. The van der Waals surface area contributed by atoms with E-state index in [2.05, 4.69) is 21.8 Å². The predicted molar refractivity (Wildman–Crippen MR) is 179 cm³/mol. The SMILES string of the molecule is CCN(C(=O)c1ccc2c(c1)[C@@H](NS(=O)(=O)c1sc3ccc(Cl)cc3c1C)[C@H](O)C(C)(C)O2)C1CCN(Cc2ccccc2)C1. The largest absolute Gasteiger partial charge is 0.485 e. The fraction of sp³-hybridized carbons (Fsp3) is 0.382. The van der Waals surface area contributed by atoms with Crippen molar-refractivity contribution in [3.05, 3.63) is 94.0 Å². The van der Waals surface area contributed by atoms with Crippen LogP contribution in [0, 0.1) is 6.92 Å². The lowest BCUT2D eigenvalue weighted by atomic mass is 9.86. The molecule has 2 N–H and O–H groups in total. The van der Waals surface area contributed by atoms with E-state index < -0.39 is 27.8 Å². The minimum absolute atomic E-state index is 0.0572. The van der Waals surface area contributed by atoms with Crippen molar-refractivity contribution in [1.29, 1.82) is 0 Å². The number of halogens is 1. The fourth-order valence-electron chi connectivity index (χ4n) is 6.49. The molecule has 3 heterocycles. The number of likely N-dealkylation sites (tertiary alicyclic amines) is 1. The number of nitrogens with zero attached hydrogens (tertiary/aromatic N) is 2. The summed E-state index contributed by atoms with van der Waals surface area (Å²) in [5, 5.41) is 12.7. The van der Waals surface area contributed by atoms with Crippen LogP contribution in [0.25, 0.3) is 10.1 Å². The van der Waals surface area contributed by atoms with Gasteiger partial charge in [-0.05, 0) is 87.0 Å². The van der Waals surface area contributed by atoms with Gasteiger partial charge in [0.2, 0.25) is 0 Å². The molecule has 6 rings (SSSR count). The third kappa shape index (κ3) is 6.24. The van der Waals surface area contributed by atoms with Gasteiger partial charge in [0, 0.05) is 53.1 Å². The highest BCUT2D eigenvalue weighted by Gasteiger charge is 2.45. The van der Waals surface area contributed by atoms with E-state index in [-0.39, 0.29) is 16.2 Å². The molecule has 0 radical (unpaired) electrons. The Morgan fingerprint density at radius 2 is 1.91 bits per heavy atom. The van der Waals surface area contributed by atoms with E-state index >= 15 is 0 Å². The lowest BCUT2D eigenvalue weighted by molar-refractivity contribution is -0.0603. The summed E-state index contributed by atoms with van der Waals surface area (Å²) in [5.41, 5.74) is 1.59. The maximum Gasteiger partial charge on any atom is 0.254 e. The molecule has 8 nitrogen and oxygen atoms in total. The van der Waals surface area contributed by atoms with Crippen molar-refractivity contribution in [2.24, 2.45) is 0 Å². The van der Waals surface area contributed by atoms with Crippen LogP contribution >= 0.6 is 22.9 Å². The van der Waals surface area contributed by atoms with Gasteiger partial charge in [0.15, 0.2) is 0 Å². The summed E-state index contributed by atoms with van der Waals surface area (Å²) in [6.07, 6.45) is -0.354. The Hall–Kier alpha value is -2.99. The molecule has 1 unspecified atom stereocenters. The monoisotopic (exact) mass is 667 g/mol. The van der Waals surface area contributed by atoms with Gasteiger partial charge in [0.05, 0.1) is 6.04 Å². The summed E-state index contributed by atoms with van der Waals surface area (Å²) in [6, 6.07) is 19.7. The van der Waals surface area contributed by atoms with Crippen LogP contribution in [0.1, 0.15) is 60.3 Å². The molecular weight excluding hydrogens is 630 g/mol. The van der Waals surface area contributed by atoms with Gasteiger partial charge >= 0.3 is 0 Å². The second-order valence-electron chi connectivity index (χ2n) is 12.4. The first-order valence-corrected chi connectivity index (χ1v) is 17.8. The summed E-state index contributed by atoms with van der Waals surface area (Å²) in [5.74, 6) is 0.289. The molecule has 11 heteroatoms. The highest BCUT2D eigenvalue weighted by Crippen LogP contribution is 2.42. The zero-order valence-electron chi connectivity index (χ0n) is 25.8. The summed E-state index contributed by atoms with van der Waals surface area (Å²) in [7, 11) is -4.08. The van der Waals surface area contributed by atoms with Gasteiger partial charge in [-0.1, -0.05) is 41.9 Å². The number of benzene rings is 3. The number of amides is 1. The number of sulfonamides is 1. The van der Waals surface area contributed by atoms with Crippen LogP contribution < -0.4 is 9.46 Å². The van der Waals surface area contributed by atoms with E-state index in [1.807, 2.05) is 30.0 Å². The molecule has 3 aromatic carbocycles. The van der Waals surface area contributed by atoms with Crippen molar-refractivity contribution in [2.45, 2.75) is 68.7 Å². The number of thiophene rings is 1. The number of carbonyl (C=O) groups excluding carboxylic acids is 1. The Morgan fingerprint density at radius 1 is 1.16 bits per heavy atom. The lowest BCUT2D eigenvalue weighted by Crippen LogP contribution is -2.53. The van der Waals surface area contributed by atoms with Crippen molar-refractivity contribution in [1.82, 2.24) is 14.5 Å². The standard InChI is InChI=1S/C34H38ClN3O5S2/c1-5-38(25-15-16-37(20-25)19-22-9-7-6-8-10-22)32(40)23-11-13-28-27(17-23)30(31(39)34(3,4)43-28)36-45(41,42)33-21(2)26-18-24(35)12-14-29(26)44-33/h6-14,17-18,25,30-31,36,39H,5,15-16,19-20H2,1-4H3/t25?,30-,31+/m1/s1. The Labute approximate surface area is 273 Å². The average molecular weight is 668 g/mol. The number of rotatable bonds is 8. The topological polar surface area (TPSA) is 99.2 Å². The third-order valence-corrected chi connectivity index (χ3v) is 12.5. The second-order valence-corrected chi connectivity index (χ2v) is 15.8. The minimum atomic E-state index is -4.08. The molecule has 0 bridgehead atoms. The van der Waals surface area contributed by atoms with Crippen LogP contribution in [0.5, 0.6) is 5.75 Å². The van der Waals surface area contributed by atoms with Crippen molar-refractivity contribution in [3.63, 3.8) is 0 Å². The molecule has 1 fully saturated rings. The molecule has 0 spiro atoms. The molecule has 0 saturated carbocycles. The Bertz CT molecular complexity index is 1840. The zero-order chi connectivity index (χ0) is 32.1. The molecule has 45 heavy (non-hydrogen) atoms. The van der Waals surface area contributed by atoms with Crippen LogP contribution in [0.2, 0.25) is 5.02 Å². The maximum absolute atomic E-state index is 14.0. The third-order valence-electron chi connectivity index (χ3n) is 8.91. The van der Waals surface area contributed by atoms with Crippen LogP contribution in [-0.2, 0) is 16.6 Å². The number of likely N-dealkylation sites (N-methyl/N-ethyl adjacent to an activating group) is 1. The number of aryl methyl sites for hydroxylation is 1. The number of hydrogen-bond donors (Lipinski definition) is 2. The van der Waals surface area contributed by atoms with E-state index in [0.29, 0.717) is 34.0 Å². The molecular formula is C34H38ClN3O5S2. The maximum atomic E-state index is 14.0. The Balaban J connectivity index is 1.28. The van der Waals surface area contributed by atoms with E-state index in [9.17, 15) is 18.3 Å². The van der Waals surface area contributed by atoms with Crippen LogP contribution in [0.3, 0.4) is 0 Å². The van der Waals surface area contributed by atoms with Crippen molar-refractivity contribution in [3.8, 4) is 5.75 Å². The van der Waals surface area contributed by atoms with Gasteiger partial charge in [-0.3, -0.25) is 9.69 Å². The number of ether oxygens (including phenoxy) is 1. The van der Waals surface area contributed by atoms with Crippen LogP contribution in [0.15, 0.2) is 70.9 Å². The van der Waals surface area contributed by atoms with Crippen molar-refractivity contribution in [2.75, 3.05) is 19.6 Å². The predicted octanol–water partition coefficient (Wildman–Crippen LogP) is 6.15. The van der Waals surface area contributed by atoms with Gasteiger partial charge in [-0.15, -0.1) is 11.3 Å². The number of carbonyl (C=O) groups is 1. The van der Waals surface area contributed by atoms with Gasteiger partial charge in [-0.25, -0.2) is 13.1 Å². The van der Waals surface area contributed by atoms with E-state index in [0.717, 1.165) is 47.5 Å². The fourth-order valence-corrected chi connectivity index (χ4v) is 9.65. The van der Waals surface area contributed by atoms with Gasteiger partial charge in [0.1, 0.15) is 21.7 Å². The summed E-state index contributed by atoms with van der Waals surface area (Å²) < 4.78 is 37.6. The quantitative estimate of drug-likeness (QED) is 0.234. The second kappa shape index (κ2) is 12.3. The molecule has 3 atom stereocenters. The highest BCUT2D eigenvalue weighted by atomic mass is 35.5. The summed E-state index contributed by atoms with van der Waals surface area (Å²) in [6.45, 7) is 10.2. The number of aliphatic hydroxyl groups excluding tert-OH is 1. The van der Waals surface area contributed by atoms with Gasteiger partial charge in [-0.2, -0.15) is 0 Å². The first kappa shape index (κ1) is 32.0. The summed E-state index contributed by atoms with van der Waals surface area (Å²) >= 11 is 7.34. The molecule has 0 aliphatic carbocycles. The smallest absolute Gasteiger partial charge is 0.254 e. The van der Waals surface area contributed by atoms with E-state index in [1.165, 1.54) is 5.56 Å². The Morgan fingerprint density at radius 3 is 2.64 bits per heavy atom. The molecule has 2 aliphatic heterocycles. The first-order valence-electron chi connectivity index (χ1n) is 15.2. The Kier molecular flexibility index (Phi) is 8.75. The average Bonchev–Trinajstić information content (AvgIpc) is 3.60. The number of nitrogens with one attached hydrogen (secondary N) is 1. The van der Waals surface area contributed by atoms with Crippen LogP contribution in [-0.4, -0.2) is 66.6 Å². The molecule has 1 aromatic heterocycles. The van der Waals surface area contributed by atoms with E-state index in [4.69, 9.17) is 16.3 Å². The minimum Gasteiger partial charge on any atom is -0.485 e. The molecule has 1 saturated heterocycles. The zero-order valence-corrected chi connectivity index (χ0v) is 28.2. The summed E-state index contributed by atoms with van der Waals surface area (Å²) in [4.78, 5) is 18.2. The first-order chi connectivity index (χ1) is 21.4. The van der Waals surface area contributed by atoms with Crippen molar-refractivity contribution >= 4 is 49.0 Å². The molecule has 4 aromatic rings. The van der Waals surface area contributed by atoms with Gasteiger partial charge < -0.3 is 14.7 Å².